The minimum Gasteiger partial charge on any atom is -0.494 e. The zero-order valence-electron chi connectivity index (χ0n) is 15.7. The van der Waals surface area contributed by atoms with Gasteiger partial charge in [-0.15, -0.1) is 10.2 Å². The fourth-order valence-corrected chi connectivity index (χ4v) is 3.52. The molecule has 0 saturated heterocycles. The van der Waals surface area contributed by atoms with Crippen LogP contribution in [0.25, 0.3) is 28.1 Å². The molecule has 0 N–H and O–H groups in total. The number of hydrogen-bond donors (Lipinski definition) is 0. The van der Waals surface area contributed by atoms with E-state index in [4.69, 9.17) is 27.9 Å². The van der Waals surface area contributed by atoms with E-state index in [0.717, 1.165) is 0 Å². The molecule has 0 amide bonds. The molecule has 0 spiro atoms. The van der Waals surface area contributed by atoms with Crippen molar-refractivity contribution in [2.24, 2.45) is 0 Å². The van der Waals surface area contributed by atoms with Crippen LogP contribution in [0, 0.1) is 6.92 Å². The molecule has 0 aliphatic rings. The lowest BCUT2D eigenvalue weighted by Gasteiger charge is -2.11. The maximum Gasteiger partial charge on any atom is 0.389 e. The molecule has 10 heteroatoms. The minimum atomic E-state index is -4.21. The van der Waals surface area contributed by atoms with Gasteiger partial charge in [-0.05, 0) is 49.7 Å². The van der Waals surface area contributed by atoms with E-state index in [1.165, 1.54) is 0 Å². The van der Waals surface area contributed by atoms with Crippen molar-refractivity contribution in [1.29, 1.82) is 0 Å². The zero-order valence-corrected chi connectivity index (χ0v) is 17.2. The molecule has 2 heterocycles. The van der Waals surface area contributed by atoms with Crippen LogP contribution in [0.3, 0.4) is 0 Å². The first kappa shape index (κ1) is 20.7. The van der Waals surface area contributed by atoms with Crippen molar-refractivity contribution < 1.29 is 17.9 Å². The molecule has 4 aromatic rings. The lowest BCUT2D eigenvalue weighted by Crippen LogP contribution is -2.09. The summed E-state index contributed by atoms with van der Waals surface area (Å²) in [6.07, 6.45) is -5.24. The summed E-state index contributed by atoms with van der Waals surface area (Å²) in [6, 6.07) is 10.2. The van der Waals surface area contributed by atoms with E-state index in [1.807, 2.05) is 6.92 Å². The van der Waals surface area contributed by atoms with Gasteiger partial charge in [-0.3, -0.25) is 4.40 Å². The molecule has 2 aromatic heterocycles. The van der Waals surface area contributed by atoms with Crippen LogP contribution >= 0.6 is 23.2 Å². The second-order valence-corrected chi connectivity index (χ2v) is 7.57. The van der Waals surface area contributed by atoms with Gasteiger partial charge >= 0.3 is 6.18 Å². The van der Waals surface area contributed by atoms with Gasteiger partial charge < -0.3 is 4.74 Å². The number of nitrogens with zero attached hydrogens (tertiary/aromatic N) is 4. The van der Waals surface area contributed by atoms with E-state index in [-0.39, 0.29) is 13.0 Å². The highest BCUT2D eigenvalue weighted by Gasteiger charge is 2.26. The zero-order chi connectivity index (χ0) is 21.5. The highest BCUT2D eigenvalue weighted by Crippen LogP contribution is 2.33. The van der Waals surface area contributed by atoms with Gasteiger partial charge in [-0.25, -0.2) is 4.98 Å². The maximum absolute atomic E-state index is 12.3. The molecule has 0 radical (unpaired) electrons. The monoisotopic (exact) mass is 454 g/mol. The van der Waals surface area contributed by atoms with E-state index in [1.54, 1.807) is 40.8 Å². The largest absolute Gasteiger partial charge is 0.494 e. The van der Waals surface area contributed by atoms with Crippen LogP contribution in [0.1, 0.15) is 18.5 Å². The third kappa shape index (κ3) is 4.15. The average Bonchev–Trinajstić information content (AvgIpc) is 3.12. The third-order valence-electron chi connectivity index (χ3n) is 4.51. The molecule has 4 rings (SSSR count). The van der Waals surface area contributed by atoms with Crippen LogP contribution in [0.4, 0.5) is 13.2 Å². The molecule has 0 fully saturated rings. The van der Waals surface area contributed by atoms with Gasteiger partial charge in [0.2, 0.25) is 0 Å². The van der Waals surface area contributed by atoms with Crippen LogP contribution in [-0.2, 0) is 0 Å². The van der Waals surface area contributed by atoms with Crippen molar-refractivity contribution in [3.05, 3.63) is 52.1 Å². The van der Waals surface area contributed by atoms with Crippen molar-refractivity contribution in [3.63, 3.8) is 0 Å². The van der Waals surface area contributed by atoms with E-state index in [9.17, 15) is 13.2 Å². The first-order chi connectivity index (χ1) is 14.2. The summed E-state index contributed by atoms with van der Waals surface area (Å²) >= 11 is 12.6. The summed E-state index contributed by atoms with van der Waals surface area (Å²) in [7, 11) is 0. The maximum atomic E-state index is 12.3. The number of hydrogen-bond acceptors (Lipinski definition) is 4. The Kier molecular flexibility index (Phi) is 5.46. The summed E-state index contributed by atoms with van der Waals surface area (Å²) in [5, 5.41) is 9.44. The molecule has 5 nitrogen and oxygen atoms in total. The molecule has 0 aliphatic heterocycles. The number of aryl methyl sites for hydroxylation is 1. The van der Waals surface area contributed by atoms with E-state index >= 15 is 0 Å². The highest BCUT2D eigenvalue weighted by molar-refractivity contribution is 6.33. The van der Waals surface area contributed by atoms with Crippen molar-refractivity contribution in [2.45, 2.75) is 25.9 Å². The van der Waals surface area contributed by atoms with Gasteiger partial charge in [0.25, 0.3) is 0 Å². The van der Waals surface area contributed by atoms with Crippen LogP contribution in [0.5, 0.6) is 5.75 Å². The summed E-state index contributed by atoms with van der Waals surface area (Å²) in [6.45, 7) is 1.76. The molecule has 0 bridgehead atoms. The van der Waals surface area contributed by atoms with E-state index in [2.05, 4.69) is 15.2 Å². The summed E-state index contributed by atoms with van der Waals surface area (Å²) < 4.78 is 44.2. The smallest absolute Gasteiger partial charge is 0.389 e. The fourth-order valence-electron chi connectivity index (χ4n) is 3.15. The first-order valence-corrected chi connectivity index (χ1v) is 9.79. The van der Waals surface area contributed by atoms with Crippen LogP contribution < -0.4 is 4.74 Å². The van der Waals surface area contributed by atoms with Crippen LogP contribution in [0.2, 0.25) is 10.0 Å². The summed E-state index contributed by atoms with van der Waals surface area (Å²) in [5.41, 5.74) is 3.17. The number of benzene rings is 2. The molecular formula is C20H15Cl2F3N4O. The SMILES string of the molecule is Cc1nc2ccc(Cl)cc2n2c(-c3cc(OCCCC(F)(F)F)ccc3Cl)nnc12. The Balaban J connectivity index is 1.75. The Morgan fingerprint density at radius 1 is 1.07 bits per heavy atom. The Labute approximate surface area is 179 Å². The molecule has 0 unspecified atom stereocenters. The molecule has 156 valence electrons. The Morgan fingerprint density at radius 3 is 2.63 bits per heavy atom. The number of fused-ring (bicyclic) bond motifs is 3. The number of alkyl halides is 3. The van der Waals surface area contributed by atoms with Crippen LogP contribution in [-0.4, -0.2) is 32.4 Å². The predicted octanol–water partition coefficient (Wildman–Crippen LogP) is 6.28. The highest BCUT2D eigenvalue weighted by atomic mass is 35.5. The Bertz CT molecular complexity index is 1240. The fraction of sp³-hybridized carbons (Fsp3) is 0.250. The van der Waals surface area contributed by atoms with Gasteiger partial charge in [0.1, 0.15) is 5.75 Å². The number of halogens is 5. The van der Waals surface area contributed by atoms with Gasteiger partial charge in [-0.2, -0.15) is 13.2 Å². The second kappa shape index (κ2) is 7.92. The number of rotatable bonds is 5. The molecule has 0 aliphatic carbocycles. The van der Waals surface area contributed by atoms with Gasteiger partial charge in [0.15, 0.2) is 11.5 Å². The summed E-state index contributed by atoms with van der Waals surface area (Å²) in [4.78, 5) is 4.53. The Morgan fingerprint density at radius 2 is 1.87 bits per heavy atom. The topological polar surface area (TPSA) is 52.3 Å². The van der Waals surface area contributed by atoms with Gasteiger partial charge in [0, 0.05) is 17.0 Å². The lowest BCUT2D eigenvalue weighted by molar-refractivity contribution is -0.136. The van der Waals surface area contributed by atoms with Crippen molar-refractivity contribution in [3.8, 4) is 17.1 Å². The number of ether oxygens (including phenoxy) is 1. The normalized spacial score (nSPS) is 12.1. The molecule has 0 atom stereocenters. The van der Waals surface area contributed by atoms with Crippen LogP contribution in [0.15, 0.2) is 36.4 Å². The standard InChI is InChI=1S/C20H15Cl2F3N4O/c1-11-18-27-28-19(29(18)17-9-12(21)3-6-16(17)26-11)14-10-13(4-5-15(14)22)30-8-2-7-20(23,24)25/h3-6,9-10H,2,7-8H2,1H3. The average molecular weight is 455 g/mol. The molecule has 2 aromatic carbocycles. The Hall–Kier alpha value is -2.58. The van der Waals surface area contributed by atoms with Crippen molar-refractivity contribution >= 4 is 39.9 Å². The minimum absolute atomic E-state index is 0.0667. The second-order valence-electron chi connectivity index (χ2n) is 6.72. The molecule has 30 heavy (non-hydrogen) atoms. The quantitative estimate of drug-likeness (QED) is 0.333. The molecule has 0 saturated carbocycles. The number of aromatic nitrogens is 4. The molecular weight excluding hydrogens is 440 g/mol. The predicted molar refractivity (Wildman–Crippen MR) is 109 cm³/mol. The third-order valence-corrected chi connectivity index (χ3v) is 5.07. The van der Waals surface area contributed by atoms with Crippen molar-refractivity contribution in [2.75, 3.05) is 6.61 Å². The van der Waals surface area contributed by atoms with Gasteiger partial charge in [-0.1, -0.05) is 23.2 Å². The van der Waals surface area contributed by atoms with Crippen molar-refractivity contribution in [1.82, 2.24) is 19.6 Å². The summed E-state index contributed by atoms with van der Waals surface area (Å²) in [5.74, 6) is 0.843. The van der Waals surface area contributed by atoms with E-state index in [0.29, 0.717) is 49.6 Å². The lowest BCUT2D eigenvalue weighted by atomic mass is 10.2. The van der Waals surface area contributed by atoms with E-state index < -0.39 is 12.6 Å². The van der Waals surface area contributed by atoms with Gasteiger partial charge in [0.05, 0.1) is 28.4 Å². The first-order valence-electron chi connectivity index (χ1n) is 9.03.